The van der Waals surface area contributed by atoms with Gasteiger partial charge >= 0.3 is 0 Å². The molecule has 0 aromatic carbocycles. The van der Waals surface area contributed by atoms with Gasteiger partial charge in [0.25, 0.3) is 0 Å². The van der Waals surface area contributed by atoms with Crippen LogP contribution in [0.5, 0.6) is 0 Å². The van der Waals surface area contributed by atoms with Crippen LogP contribution in [-0.2, 0) is 0 Å². The Morgan fingerprint density at radius 1 is 1.27 bits per heavy atom. The lowest BCUT2D eigenvalue weighted by Crippen LogP contribution is -2.02. The van der Waals surface area contributed by atoms with Gasteiger partial charge in [0.2, 0.25) is 0 Å². The summed E-state index contributed by atoms with van der Waals surface area (Å²) in [5.74, 6) is 0.773. The number of nitrogens with zero attached hydrogens (tertiary/aromatic N) is 4. The summed E-state index contributed by atoms with van der Waals surface area (Å²) in [6.45, 7) is 1.89. The fraction of sp³-hybridized carbons (Fsp3) is 0.125. The highest BCUT2D eigenvalue weighted by atomic mass is 127. The zero-order valence-corrected chi connectivity index (χ0v) is 12.6. The van der Waals surface area contributed by atoms with Crippen molar-refractivity contribution in [1.82, 2.24) is 19.5 Å². The van der Waals surface area contributed by atoms with E-state index < -0.39 is 0 Å². The third-order valence-electron chi connectivity index (χ3n) is 1.89. The smallest absolute Gasteiger partial charge is 0.146 e. The van der Waals surface area contributed by atoms with Crippen LogP contribution in [0.1, 0.15) is 5.56 Å². The molecule has 2 aromatic rings. The van der Waals surface area contributed by atoms with Crippen molar-refractivity contribution in [3.8, 4) is 5.82 Å². The Balaban J connectivity index is 2.64. The van der Waals surface area contributed by atoms with Gasteiger partial charge in [-0.1, -0.05) is 11.6 Å². The zero-order valence-electron chi connectivity index (χ0n) is 7.58. The Kier molecular flexibility index (Phi) is 3.45. The number of rotatable bonds is 1. The number of imidazole rings is 1. The van der Waals surface area contributed by atoms with Gasteiger partial charge in [-0.15, -0.1) is 0 Å². The third kappa shape index (κ3) is 2.11. The summed E-state index contributed by atoms with van der Waals surface area (Å²) < 4.78 is 3.86. The van der Waals surface area contributed by atoms with E-state index in [0.717, 1.165) is 18.8 Å². The molecule has 0 bridgehead atoms. The summed E-state index contributed by atoms with van der Waals surface area (Å²) in [7, 11) is 0. The highest BCUT2D eigenvalue weighted by Crippen LogP contribution is 2.22. The van der Waals surface area contributed by atoms with Crippen molar-refractivity contribution in [3.63, 3.8) is 0 Å². The lowest BCUT2D eigenvalue weighted by molar-refractivity contribution is 0.932. The SMILES string of the molecule is Cc1c(Cl)ncnc1-n1cnc(I)c1I. The van der Waals surface area contributed by atoms with Crippen molar-refractivity contribution < 1.29 is 0 Å². The first-order valence-electron chi connectivity index (χ1n) is 3.97. The molecule has 78 valence electrons. The average molecular weight is 446 g/mol. The number of aromatic nitrogens is 4. The van der Waals surface area contributed by atoms with Crippen LogP contribution in [-0.4, -0.2) is 19.5 Å². The molecule has 4 nitrogen and oxygen atoms in total. The molecule has 0 fully saturated rings. The van der Waals surface area contributed by atoms with Crippen molar-refractivity contribution >= 4 is 56.8 Å². The maximum atomic E-state index is 5.93. The maximum absolute atomic E-state index is 5.93. The van der Waals surface area contributed by atoms with Crippen molar-refractivity contribution in [2.75, 3.05) is 0 Å². The van der Waals surface area contributed by atoms with E-state index in [1.54, 1.807) is 6.33 Å². The molecule has 0 N–H and O–H groups in total. The Hall–Kier alpha value is 0.0400. The molecule has 0 radical (unpaired) electrons. The van der Waals surface area contributed by atoms with Crippen LogP contribution < -0.4 is 0 Å². The number of halogens is 3. The van der Waals surface area contributed by atoms with E-state index >= 15 is 0 Å². The molecule has 2 rings (SSSR count). The molecular formula is C8H5ClI2N4. The van der Waals surface area contributed by atoms with Crippen LogP contribution in [0.25, 0.3) is 5.82 Å². The lowest BCUT2D eigenvalue weighted by Gasteiger charge is -2.06. The van der Waals surface area contributed by atoms with E-state index in [1.165, 1.54) is 6.33 Å². The summed E-state index contributed by atoms with van der Waals surface area (Å²) in [5, 5.41) is 0.472. The molecule has 7 heteroatoms. The molecular weight excluding hydrogens is 441 g/mol. The quantitative estimate of drug-likeness (QED) is 0.500. The van der Waals surface area contributed by atoms with Crippen LogP contribution in [0.4, 0.5) is 0 Å². The summed E-state index contributed by atoms with van der Waals surface area (Å²) in [6.07, 6.45) is 3.18. The fourth-order valence-corrected chi connectivity index (χ4v) is 2.13. The molecule has 0 saturated carbocycles. The lowest BCUT2D eigenvalue weighted by atomic mass is 10.3. The van der Waals surface area contributed by atoms with E-state index in [9.17, 15) is 0 Å². The Labute approximate surface area is 119 Å². The van der Waals surface area contributed by atoms with Crippen molar-refractivity contribution in [1.29, 1.82) is 0 Å². The summed E-state index contributed by atoms with van der Waals surface area (Å²) in [4.78, 5) is 12.3. The van der Waals surface area contributed by atoms with Gasteiger partial charge in [-0.25, -0.2) is 15.0 Å². The molecule has 0 aliphatic heterocycles. The Bertz CT molecular complexity index is 511. The Morgan fingerprint density at radius 3 is 2.60 bits per heavy atom. The van der Waals surface area contributed by atoms with E-state index in [2.05, 4.69) is 60.1 Å². The molecule has 0 unspecified atom stereocenters. The van der Waals surface area contributed by atoms with Crippen LogP contribution in [0.2, 0.25) is 5.15 Å². The van der Waals surface area contributed by atoms with E-state index in [0.29, 0.717) is 5.15 Å². The van der Waals surface area contributed by atoms with Gasteiger partial charge in [-0.2, -0.15) is 0 Å². The monoisotopic (exact) mass is 446 g/mol. The first-order chi connectivity index (χ1) is 7.11. The van der Waals surface area contributed by atoms with Gasteiger partial charge < -0.3 is 0 Å². The van der Waals surface area contributed by atoms with Gasteiger partial charge in [0.05, 0.1) is 0 Å². The predicted octanol–water partition coefficient (Wildman–Crippen LogP) is 2.83. The number of hydrogen-bond acceptors (Lipinski definition) is 3. The summed E-state index contributed by atoms with van der Waals surface area (Å²) >= 11 is 10.3. The minimum absolute atomic E-state index is 0.472. The minimum Gasteiger partial charge on any atom is -0.277 e. The molecule has 2 heterocycles. The van der Waals surface area contributed by atoms with Crippen LogP contribution in [0.3, 0.4) is 0 Å². The van der Waals surface area contributed by atoms with Gasteiger partial charge in [-0.3, -0.25) is 4.57 Å². The van der Waals surface area contributed by atoms with Gasteiger partial charge in [0.15, 0.2) is 0 Å². The van der Waals surface area contributed by atoms with Crippen molar-refractivity contribution in [3.05, 3.63) is 30.8 Å². The number of hydrogen-bond donors (Lipinski definition) is 0. The second kappa shape index (κ2) is 4.50. The largest absolute Gasteiger partial charge is 0.277 e. The summed E-state index contributed by atoms with van der Waals surface area (Å²) in [5.41, 5.74) is 0.853. The van der Waals surface area contributed by atoms with E-state index in [4.69, 9.17) is 11.6 Å². The first kappa shape index (κ1) is 11.5. The fourth-order valence-electron chi connectivity index (χ4n) is 1.12. The first-order valence-corrected chi connectivity index (χ1v) is 6.50. The zero-order chi connectivity index (χ0) is 11.0. The summed E-state index contributed by atoms with van der Waals surface area (Å²) in [6, 6.07) is 0. The standard InChI is InChI=1S/C8H5ClI2N4/c1-4-5(9)12-2-13-8(4)15-3-14-6(10)7(15)11/h2-3H,1H3. The van der Waals surface area contributed by atoms with Gasteiger partial charge in [0, 0.05) is 5.56 Å². The minimum atomic E-state index is 0.472. The second-order valence-electron chi connectivity index (χ2n) is 2.81. The second-order valence-corrected chi connectivity index (χ2v) is 5.21. The third-order valence-corrected chi connectivity index (χ3v) is 5.13. The molecule has 0 atom stereocenters. The predicted molar refractivity (Wildman–Crippen MR) is 74.3 cm³/mol. The highest BCUT2D eigenvalue weighted by Gasteiger charge is 2.12. The molecule has 0 aliphatic carbocycles. The molecule has 0 amide bonds. The molecule has 0 aliphatic rings. The molecule has 2 aromatic heterocycles. The van der Waals surface area contributed by atoms with Gasteiger partial charge in [-0.05, 0) is 52.1 Å². The van der Waals surface area contributed by atoms with Crippen molar-refractivity contribution in [2.45, 2.75) is 6.92 Å². The van der Waals surface area contributed by atoms with Gasteiger partial charge in [0.1, 0.15) is 31.0 Å². The van der Waals surface area contributed by atoms with Crippen LogP contribution in [0, 0.1) is 14.3 Å². The van der Waals surface area contributed by atoms with Crippen molar-refractivity contribution in [2.24, 2.45) is 0 Å². The molecule has 15 heavy (non-hydrogen) atoms. The van der Waals surface area contributed by atoms with E-state index in [-0.39, 0.29) is 0 Å². The van der Waals surface area contributed by atoms with E-state index in [1.807, 2.05) is 11.5 Å². The Morgan fingerprint density at radius 2 is 2.00 bits per heavy atom. The molecule has 0 spiro atoms. The highest BCUT2D eigenvalue weighted by molar-refractivity contribution is 14.1. The maximum Gasteiger partial charge on any atom is 0.146 e. The van der Waals surface area contributed by atoms with Crippen LogP contribution in [0.15, 0.2) is 12.7 Å². The topological polar surface area (TPSA) is 43.6 Å². The van der Waals surface area contributed by atoms with Crippen LogP contribution >= 0.6 is 56.8 Å². The normalized spacial score (nSPS) is 10.7. The average Bonchev–Trinajstić information content (AvgIpc) is 2.53. The molecule has 0 saturated heterocycles.